The second-order valence-electron chi connectivity index (χ2n) is 3.62. The smallest absolute Gasteiger partial charge is 0.178 e. The van der Waals surface area contributed by atoms with Gasteiger partial charge in [0, 0.05) is 5.33 Å². The number of rotatable bonds is 7. The molecule has 0 bridgehead atoms. The van der Waals surface area contributed by atoms with Crippen molar-refractivity contribution in [2.75, 3.05) is 17.7 Å². The van der Waals surface area contributed by atoms with Crippen molar-refractivity contribution in [3.05, 3.63) is 24.3 Å². The first-order valence-electron chi connectivity index (χ1n) is 5.61. The standard InChI is InChI=1S/C12H17BrO3S/c1-2-16-11-5-7-12(8-6-11)17(14,15)10-4-3-9-13/h5-8H,2-4,9-10H2,1H3. The van der Waals surface area contributed by atoms with E-state index in [1.807, 2.05) is 6.92 Å². The molecule has 0 saturated carbocycles. The molecule has 0 atom stereocenters. The first-order chi connectivity index (χ1) is 8.10. The van der Waals surface area contributed by atoms with Gasteiger partial charge in [-0.25, -0.2) is 8.42 Å². The van der Waals surface area contributed by atoms with Crippen LogP contribution in [0.15, 0.2) is 29.2 Å². The maximum absolute atomic E-state index is 11.9. The van der Waals surface area contributed by atoms with Crippen LogP contribution < -0.4 is 4.74 Å². The quantitative estimate of drug-likeness (QED) is 0.573. The molecule has 0 aliphatic heterocycles. The predicted molar refractivity (Wildman–Crippen MR) is 72.7 cm³/mol. The molecule has 0 heterocycles. The van der Waals surface area contributed by atoms with Crippen LogP contribution in [0, 0.1) is 0 Å². The summed E-state index contributed by atoms with van der Waals surface area (Å²) in [6, 6.07) is 6.60. The molecule has 1 rings (SSSR count). The summed E-state index contributed by atoms with van der Waals surface area (Å²) in [6.45, 7) is 2.47. The first kappa shape index (κ1) is 14.5. The summed E-state index contributed by atoms with van der Waals surface area (Å²) in [6.07, 6.45) is 1.55. The lowest BCUT2D eigenvalue weighted by Crippen LogP contribution is -2.07. The minimum atomic E-state index is -3.14. The first-order valence-corrected chi connectivity index (χ1v) is 8.39. The number of benzene rings is 1. The third-order valence-electron chi connectivity index (χ3n) is 2.29. The van der Waals surface area contributed by atoms with Crippen molar-refractivity contribution < 1.29 is 13.2 Å². The third-order valence-corrected chi connectivity index (χ3v) is 4.67. The van der Waals surface area contributed by atoms with E-state index < -0.39 is 9.84 Å². The summed E-state index contributed by atoms with van der Waals surface area (Å²) in [5.41, 5.74) is 0. The van der Waals surface area contributed by atoms with Gasteiger partial charge >= 0.3 is 0 Å². The Bertz CT molecular complexity index is 426. The fraction of sp³-hybridized carbons (Fsp3) is 0.500. The Balaban J connectivity index is 2.71. The number of hydrogen-bond donors (Lipinski definition) is 0. The van der Waals surface area contributed by atoms with E-state index in [9.17, 15) is 8.42 Å². The summed E-state index contributed by atoms with van der Waals surface area (Å²) in [4.78, 5) is 0.371. The third kappa shape index (κ3) is 4.68. The van der Waals surface area contributed by atoms with Crippen LogP contribution in [0.2, 0.25) is 0 Å². The zero-order chi connectivity index (χ0) is 12.7. The van der Waals surface area contributed by atoms with Crippen molar-refractivity contribution in [2.24, 2.45) is 0 Å². The van der Waals surface area contributed by atoms with Gasteiger partial charge in [0.25, 0.3) is 0 Å². The van der Waals surface area contributed by atoms with Gasteiger partial charge in [0.1, 0.15) is 5.75 Å². The van der Waals surface area contributed by atoms with Crippen molar-refractivity contribution in [1.82, 2.24) is 0 Å². The van der Waals surface area contributed by atoms with Crippen molar-refractivity contribution in [3.63, 3.8) is 0 Å². The van der Waals surface area contributed by atoms with E-state index in [0.29, 0.717) is 23.7 Å². The molecule has 5 heteroatoms. The highest BCUT2D eigenvalue weighted by Gasteiger charge is 2.13. The predicted octanol–water partition coefficient (Wildman–Crippen LogP) is 3.03. The number of hydrogen-bond acceptors (Lipinski definition) is 3. The van der Waals surface area contributed by atoms with Gasteiger partial charge in [0.2, 0.25) is 0 Å². The fourth-order valence-corrected chi connectivity index (χ4v) is 3.18. The highest BCUT2D eigenvalue weighted by Crippen LogP contribution is 2.18. The molecule has 3 nitrogen and oxygen atoms in total. The Morgan fingerprint density at radius 2 is 1.82 bits per heavy atom. The van der Waals surface area contributed by atoms with Crippen LogP contribution in [0.4, 0.5) is 0 Å². The van der Waals surface area contributed by atoms with Gasteiger partial charge in [0.05, 0.1) is 17.3 Å². The fourth-order valence-electron chi connectivity index (χ4n) is 1.41. The van der Waals surface area contributed by atoms with Gasteiger partial charge < -0.3 is 4.74 Å². The lowest BCUT2D eigenvalue weighted by Gasteiger charge is -2.06. The highest BCUT2D eigenvalue weighted by molar-refractivity contribution is 9.09. The minimum absolute atomic E-state index is 0.201. The molecular weight excluding hydrogens is 304 g/mol. The van der Waals surface area contributed by atoms with E-state index in [0.717, 1.165) is 11.8 Å². The van der Waals surface area contributed by atoms with E-state index in [4.69, 9.17) is 4.74 Å². The molecule has 17 heavy (non-hydrogen) atoms. The highest BCUT2D eigenvalue weighted by atomic mass is 79.9. The van der Waals surface area contributed by atoms with Gasteiger partial charge in [-0.2, -0.15) is 0 Å². The molecule has 0 aliphatic carbocycles. The molecule has 0 unspecified atom stereocenters. The number of unbranched alkanes of at least 4 members (excludes halogenated alkanes) is 1. The van der Waals surface area contributed by atoms with Gasteiger partial charge in [0.15, 0.2) is 9.84 Å². The van der Waals surface area contributed by atoms with Gasteiger partial charge in [-0.15, -0.1) is 0 Å². The zero-order valence-electron chi connectivity index (χ0n) is 9.86. The minimum Gasteiger partial charge on any atom is -0.494 e. The van der Waals surface area contributed by atoms with Gasteiger partial charge in [-0.3, -0.25) is 0 Å². The maximum Gasteiger partial charge on any atom is 0.178 e. The summed E-state index contributed by atoms with van der Waals surface area (Å²) in [7, 11) is -3.14. The average molecular weight is 321 g/mol. The molecule has 0 saturated heterocycles. The Labute approximate surface area is 111 Å². The van der Waals surface area contributed by atoms with Crippen LogP contribution in [-0.2, 0) is 9.84 Å². The second-order valence-corrected chi connectivity index (χ2v) is 6.52. The monoisotopic (exact) mass is 320 g/mol. The Morgan fingerprint density at radius 3 is 2.35 bits per heavy atom. The van der Waals surface area contributed by atoms with E-state index in [1.54, 1.807) is 24.3 Å². The van der Waals surface area contributed by atoms with Crippen LogP contribution in [0.1, 0.15) is 19.8 Å². The van der Waals surface area contributed by atoms with Crippen LogP contribution in [0.25, 0.3) is 0 Å². The molecule has 0 amide bonds. The summed E-state index contributed by atoms with van der Waals surface area (Å²) < 4.78 is 29.1. The molecule has 0 aliphatic rings. The number of halogens is 1. The molecule has 0 aromatic heterocycles. The Kier molecular flexibility index (Phi) is 5.98. The molecule has 1 aromatic rings. The van der Waals surface area contributed by atoms with Crippen molar-refractivity contribution in [1.29, 1.82) is 0 Å². The largest absolute Gasteiger partial charge is 0.494 e. The molecule has 0 N–H and O–H groups in total. The summed E-state index contributed by atoms with van der Waals surface area (Å²) in [5, 5.41) is 0.839. The number of ether oxygens (including phenoxy) is 1. The van der Waals surface area contributed by atoms with E-state index >= 15 is 0 Å². The van der Waals surface area contributed by atoms with Crippen LogP contribution in [0.3, 0.4) is 0 Å². The Hall–Kier alpha value is -0.550. The normalized spacial score (nSPS) is 11.4. The Morgan fingerprint density at radius 1 is 1.18 bits per heavy atom. The zero-order valence-corrected chi connectivity index (χ0v) is 12.3. The van der Waals surface area contributed by atoms with Gasteiger partial charge in [-0.05, 0) is 44.0 Å². The topological polar surface area (TPSA) is 43.4 Å². The lowest BCUT2D eigenvalue weighted by molar-refractivity contribution is 0.340. The number of sulfone groups is 1. The summed E-state index contributed by atoms with van der Waals surface area (Å²) in [5.74, 6) is 0.902. The molecular formula is C12H17BrO3S. The molecule has 96 valence electrons. The molecule has 0 spiro atoms. The summed E-state index contributed by atoms with van der Waals surface area (Å²) >= 11 is 3.29. The second kappa shape index (κ2) is 7.01. The number of alkyl halides is 1. The van der Waals surface area contributed by atoms with Crippen molar-refractivity contribution in [3.8, 4) is 5.75 Å². The van der Waals surface area contributed by atoms with Crippen molar-refractivity contribution >= 4 is 25.8 Å². The molecule has 1 aromatic carbocycles. The van der Waals surface area contributed by atoms with E-state index in [2.05, 4.69) is 15.9 Å². The van der Waals surface area contributed by atoms with Crippen LogP contribution in [0.5, 0.6) is 5.75 Å². The van der Waals surface area contributed by atoms with Gasteiger partial charge in [-0.1, -0.05) is 15.9 Å². The van der Waals surface area contributed by atoms with Crippen molar-refractivity contribution in [2.45, 2.75) is 24.7 Å². The molecule has 0 fully saturated rings. The van der Waals surface area contributed by atoms with Crippen LogP contribution in [-0.4, -0.2) is 26.1 Å². The lowest BCUT2D eigenvalue weighted by atomic mass is 10.3. The molecule has 0 radical (unpaired) electrons. The van der Waals surface area contributed by atoms with E-state index in [-0.39, 0.29) is 5.75 Å². The maximum atomic E-state index is 11.9. The van der Waals surface area contributed by atoms with E-state index in [1.165, 1.54) is 0 Å². The average Bonchev–Trinajstić information content (AvgIpc) is 2.30. The van der Waals surface area contributed by atoms with Crippen LogP contribution >= 0.6 is 15.9 Å². The SMILES string of the molecule is CCOc1ccc(S(=O)(=O)CCCCBr)cc1.